The maximum atomic E-state index is 11.0. The van der Waals surface area contributed by atoms with Crippen molar-refractivity contribution in [2.75, 3.05) is 12.8 Å². The second-order valence-electron chi connectivity index (χ2n) is 4.13. The molecule has 0 radical (unpaired) electrons. The lowest BCUT2D eigenvalue weighted by molar-refractivity contribution is 0.579. The minimum absolute atomic E-state index is 0.287. The fourth-order valence-electron chi connectivity index (χ4n) is 1.70. The summed E-state index contributed by atoms with van der Waals surface area (Å²) < 4.78 is 26.7. The van der Waals surface area contributed by atoms with Gasteiger partial charge in [0.25, 0.3) is 0 Å². The fourth-order valence-corrected chi connectivity index (χ4v) is 2.45. The number of rotatable bonds is 4. The van der Waals surface area contributed by atoms with Crippen LogP contribution in [-0.2, 0) is 16.6 Å². The lowest BCUT2D eigenvalue weighted by Crippen LogP contribution is -2.26. The van der Waals surface area contributed by atoms with Gasteiger partial charge in [0.05, 0.1) is 11.8 Å². The van der Waals surface area contributed by atoms with E-state index in [1.54, 1.807) is 10.8 Å². The first-order valence-corrected chi connectivity index (χ1v) is 7.66. The molecule has 0 bridgehead atoms. The Morgan fingerprint density at radius 3 is 2.94 bits per heavy atom. The van der Waals surface area contributed by atoms with Crippen LogP contribution in [0.3, 0.4) is 0 Å². The van der Waals surface area contributed by atoms with E-state index in [0.717, 1.165) is 23.0 Å². The molecule has 6 nitrogen and oxygen atoms in total. The smallest absolute Gasteiger partial charge is 0.208 e. The van der Waals surface area contributed by atoms with Gasteiger partial charge in [0.1, 0.15) is 0 Å². The fraction of sp³-hybridized carbons (Fsp3) is 0.400. The van der Waals surface area contributed by atoms with Crippen LogP contribution in [0.4, 0.5) is 0 Å². The van der Waals surface area contributed by atoms with Crippen LogP contribution in [0.25, 0.3) is 11.2 Å². The predicted octanol–water partition coefficient (Wildman–Crippen LogP) is 0.952. The maximum absolute atomic E-state index is 11.0. The monoisotopic (exact) mass is 286 g/mol. The molecule has 0 unspecified atom stereocenters. The van der Waals surface area contributed by atoms with Crippen molar-refractivity contribution >= 4 is 33.4 Å². The van der Waals surface area contributed by atoms with Crippen LogP contribution in [-0.4, -0.2) is 35.8 Å². The van der Waals surface area contributed by atoms with Gasteiger partial charge >= 0.3 is 0 Å². The molecule has 0 aliphatic heterocycles. The van der Waals surface area contributed by atoms with Crippen LogP contribution >= 0.6 is 12.2 Å². The van der Waals surface area contributed by atoms with E-state index in [0.29, 0.717) is 11.3 Å². The van der Waals surface area contributed by atoms with Crippen LogP contribution in [0.5, 0.6) is 0 Å². The molecule has 0 saturated carbocycles. The molecular formula is C10H14N4O2S2. The van der Waals surface area contributed by atoms with Crippen molar-refractivity contribution in [3.63, 3.8) is 0 Å². The molecule has 0 aliphatic carbocycles. The molecule has 0 fully saturated rings. The van der Waals surface area contributed by atoms with E-state index < -0.39 is 10.0 Å². The number of aromatic amines is 1. The van der Waals surface area contributed by atoms with Gasteiger partial charge in [-0.2, -0.15) is 0 Å². The SMILES string of the molecule is Cc1cnc2c(c1)[nH]c(=S)n2CCNS(C)(=O)=O. The van der Waals surface area contributed by atoms with E-state index >= 15 is 0 Å². The first-order chi connectivity index (χ1) is 8.37. The number of aryl methyl sites for hydroxylation is 1. The molecule has 0 spiro atoms. The number of nitrogens with one attached hydrogen (secondary N) is 2. The molecule has 2 rings (SSSR count). The minimum Gasteiger partial charge on any atom is -0.329 e. The first kappa shape index (κ1) is 13.2. The van der Waals surface area contributed by atoms with Crippen LogP contribution in [0.2, 0.25) is 0 Å². The third kappa shape index (κ3) is 2.95. The Morgan fingerprint density at radius 1 is 1.56 bits per heavy atom. The number of hydrogen-bond donors (Lipinski definition) is 2. The van der Waals surface area contributed by atoms with E-state index in [-0.39, 0.29) is 6.54 Å². The number of imidazole rings is 1. The molecule has 98 valence electrons. The number of nitrogens with zero attached hydrogens (tertiary/aromatic N) is 2. The number of fused-ring (bicyclic) bond motifs is 1. The van der Waals surface area contributed by atoms with Crippen molar-refractivity contribution in [1.29, 1.82) is 0 Å². The highest BCUT2D eigenvalue weighted by Crippen LogP contribution is 2.12. The molecule has 18 heavy (non-hydrogen) atoms. The van der Waals surface area contributed by atoms with Gasteiger partial charge in [-0.1, -0.05) is 0 Å². The van der Waals surface area contributed by atoms with Gasteiger partial charge in [0.15, 0.2) is 10.4 Å². The van der Waals surface area contributed by atoms with Crippen LogP contribution in [0, 0.1) is 11.7 Å². The predicted molar refractivity (Wildman–Crippen MR) is 72.5 cm³/mol. The van der Waals surface area contributed by atoms with Gasteiger partial charge in [-0.25, -0.2) is 18.1 Å². The third-order valence-corrected chi connectivity index (χ3v) is 3.50. The number of H-pyrrole nitrogens is 1. The van der Waals surface area contributed by atoms with E-state index in [1.807, 2.05) is 13.0 Å². The van der Waals surface area contributed by atoms with Gasteiger partial charge in [-0.3, -0.25) is 0 Å². The Balaban J connectivity index is 2.28. The Kier molecular flexibility index (Phi) is 3.51. The Morgan fingerprint density at radius 2 is 2.28 bits per heavy atom. The Hall–Kier alpha value is -1.25. The van der Waals surface area contributed by atoms with Gasteiger partial charge in [0, 0.05) is 19.3 Å². The lowest BCUT2D eigenvalue weighted by atomic mass is 10.3. The molecule has 8 heteroatoms. The second-order valence-corrected chi connectivity index (χ2v) is 6.35. The number of hydrogen-bond acceptors (Lipinski definition) is 4. The third-order valence-electron chi connectivity index (χ3n) is 2.45. The standard InChI is InChI=1S/C10H14N4O2S2/c1-7-5-8-9(11-6-7)14(10(17)13-8)4-3-12-18(2,15)16/h5-6,12H,3-4H2,1-2H3,(H,13,17). The van der Waals surface area contributed by atoms with Crippen molar-refractivity contribution in [3.8, 4) is 0 Å². The van der Waals surface area contributed by atoms with E-state index in [4.69, 9.17) is 12.2 Å². The van der Waals surface area contributed by atoms with Crippen LogP contribution in [0.15, 0.2) is 12.3 Å². The molecule has 2 aromatic rings. The van der Waals surface area contributed by atoms with Crippen molar-refractivity contribution < 1.29 is 8.42 Å². The minimum atomic E-state index is -3.18. The molecular weight excluding hydrogens is 272 g/mol. The highest BCUT2D eigenvalue weighted by atomic mass is 32.2. The number of aromatic nitrogens is 3. The van der Waals surface area contributed by atoms with E-state index in [9.17, 15) is 8.42 Å². The summed E-state index contributed by atoms with van der Waals surface area (Å²) in [6.07, 6.45) is 2.88. The molecule has 0 amide bonds. The Labute approximate surface area is 110 Å². The molecule has 0 aromatic carbocycles. The van der Waals surface area contributed by atoms with Gasteiger partial charge in [-0.15, -0.1) is 0 Å². The van der Waals surface area contributed by atoms with E-state index in [2.05, 4.69) is 14.7 Å². The number of sulfonamides is 1. The molecule has 2 heterocycles. The molecule has 0 aliphatic rings. The van der Waals surface area contributed by atoms with Crippen molar-refractivity contribution in [2.45, 2.75) is 13.5 Å². The summed E-state index contributed by atoms with van der Waals surface area (Å²) in [6.45, 7) is 2.68. The zero-order valence-corrected chi connectivity index (χ0v) is 11.7. The molecule has 2 N–H and O–H groups in total. The zero-order valence-electron chi connectivity index (χ0n) is 10.1. The highest BCUT2D eigenvalue weighted by molar-refractivity contribution is 7.88. The average molecular weight is 286 g/mol. The highest BCUT2D eigenvalue weighted by Gasteiger charge is 2.06. The van der Waals surface area contributed by atoms with Gasteiger partial charge < -0.3 is 9.55 Å². The Bertz CT molecular complexity index is 730. The van der Waals surface area contributed by atoms with Crippen molar-refractivity contribution in [2.24, 2.45) is 0 Å². The molecule has 0 saturated heterocycles. The van der Waals surface area contributed by atoms with Gasteiger partial charge in [0.2, 0.25) is 10.0 Å². The van der Waals surface area contributed by atoms with Crippen molar-refractivity contribution in [1.82, 2.24) is 19.3 Å². The molecule has 2 aromatic heterocycles. The van der Waals surface area contributed by atoms with Crippen LogP contribution in [0.1, 0.15) is 5.56 Å². The normalized spacial score (nSPS) is 12.1. The summed E-state index contributed by atoms with van der Waals surface area (Å²) in [6, 6.07) is 1.96. The maximum Gasteiger partial charge on any atom is 0.208 e. The second kappa shape index (κ2) is 4.79. The summed E-state index contributed by atoms with van der Waals surface area (Å²) >= 11 is 5.19. The summed E-state index contributed by atoms with van der Waals surface area (Å²) in [5.74, 6) is 0. The molecule has 0 atom stereocenters. The topological polar surface area (TPSA) is 79.8 Å². The quantitative estimate of drug-likeness (QED) is 0.820. The largest absolute Gasteiger partial charge is 0.329 e. The summed E-state index contributed by atoms with van der Waals surface area (Å²) in [7, 11) is -3.18. The lowest BCUT2D eigenvalue weighted by Gasteiger charge is -2.04. The van der Waals surface area contributed by atoms with Crippen molar-refractivity contribution in [3.05, 3.63) is 22.6 Å². The van der Waals surface area contributed by atoms with E-state index in [1.165, 1.54) is 0 Å². The first-order valence-electron chi connectivity index (χ1n) is 5.36. The summed E-state index contributed by atoms with van der Waals surface area (Å²) in [4.78, 5) is 7.36. The van der Waals surface area contributed by atoms with Crippen LogP contribution < -0.4 is 4.72 Å². The zero-order chi connectivity index (χ0) is 13.3. The average Bonchev–Trinajstić information content (AvgIpc) is 2.52. The summed E-state index contributed by atoms with van der Waals surface area (Å²) in [5.41, 5.74) is 2.64. The summed E-state index contributed by atoms with van der Waals surface area (Å²) in [5, 5.41) is 0. The van der Waals surface area contributed by atoms with Gasteiger partial charge in [-0.05, 0) is 30.8 Å². The number of pyridine rings is 1.